The lowest BCUT2D eigenvalue weighted by Gasteiger charge is -2.06. The van der Waals surface area contributed by atoms with Gasteiger partial charge in [-0.1, -0.05) is 0 Å². The molecule has 1 rings (SSSR count). The van der Waals surface area contributed by atoms with Crippen LogP contribution in [0.2, 0.25) is 0 Å². The summed E-state index contributed by atoms with van der Waals surface area (Å²) in [5.74, 6) is -0.786. The third kappa shape index (κ3) is 3.26. The number of primary amides is 1. The molecule has 7 heteroatoms. The number of aromatic nitrogens is 2. The molecule has 0 saturated heterocycles. The number of carbonyl (C=O) groups is 1. The molecule has 0 unspecified atom stereocenters. The number of hydrogen-bond acceptors (Lipinski definition) is 4. The molecule has 16 heavy (non-hydrogen) atoms. The molecule has 88 valence electrons. The van der Waals surface area contributed by atoms with Crippen molar-refractivity contribution in [2.45, 2.75) is 25.8 Å². The lowest BCUT2D eigenvalue weighted by atomic mass is 10.2. The second-order valence-corrected chi connectivity index (χ2v) is 3.37. The molecule has 1 heterocycles. The number of unbranched alkanes of at least 4 members (excludes halogenated alkanes) is 1. The van der Waals surface area contributed by atoms with E-state index in [-0.39, 0.29) is 18.8 Å². The fourth-order valence-electron chi connectivity index (χ4n) is 1.29. The number of amides is 1. The summed E-state index contributed by atoms with van der Waals surface area (Å²) in [6, 6.07) is 0.926. The second-order valence-electron chi connectivity index (χ2n) is 3.37. The lowest BCUT2D eigenvalue weighted by molar-refractivity contribution is -0.118. The van der Waals surface area contributed by atoms with Crippen molar-refractivity contribution in [2.75, 3.05) is 0 Å². The van der Waals surface area contributed by atoms with Crippen LogP contribution in [0.25, 0.3) is 0 Å². The van der Waals surface area contributed by atoms with Gasteiger partial charge in [-0.2, -0.15) is 0 Å². The van der Waals surface area contributed by atoms with Gasteiger partial charge in [-0.3, -0.25) is 19.1 Å². The van der Waals surface area contributed by atoms with Gasteiger partial charge in [0.15, 0.2) is 0 Å². The van der Waals surface area contributed by atoms with Crippen molar-refractivity contribution >= 4 is 5.91 Å². The molecular weight excluding hydrogens is 214 g/mol. The van der Waals surface area contributed by atoms with Crippen LogP contribution in [-0.2, 0) is 11.3 Å². The van der Waals surface area contributed by atoms with Crippen LogP contribution in [0.5, 0.6) is 5.88 Å². The summed E-state index contributed by atoms with van der Waals surface area (Å²) in [5.41, 5.74) is 3.64. The highest BCUT2D eigenvalue weighted by Gasteiger charge is 2.04. The van der Waals surface area contributed by atoms with Crippen LogP contribution >= 0.6 is 0 Å². The Hall–Kier alpha value is -2.05. The topological polar surface area (TPSA) is 118 Å². The molecule has 1 aromatic rings. The van der Waals surface area contributed by atoms with Gasteiger partial charge in [0.2, 0.25) is 11.8 Å². The average molecular weight is 227 g/mol. The molecular formula is C9H13N3O4. The van der Waals surface area contributed by atoms with Crippen LogP contribution in [0.3, 0.4) is 0 Å². The summed E-state index contributed by atoms with van der Waals surface area (Å²) >= 11 is 0. The minimum Gasteiger partial charge on any atom is -0.494 e. The van der Waals surface area contributed by atoms with Gasteiger partial charge in [-0.05, 0) is 12.8 Å². The predicted octanol–water partition coefficient (Wildman–Crippen LogP) is -1.10. The molecule has 0 aliphatic carbocycles. The molecule has 0 fully saturated rings. The van der Waals surface area contributed by atoms with Gasteiger partial charge in [-0.25, -0.2) is 4.79 Å². The van der Waals surface area contributed by atoms with Gasteiger partial charge in [-0.15, -0.1) is 0 Å². The Morgan fingerprint density at radius 1 is 1.44 bits per heavy atom. The van der Waals surface area contributed by atoms with E-state index in [4.69, 9.17) is 5.73 Å². The quantitative estimate of drug-likeness (QED) is 0.553. The van der Waals surface area contributed by atoms with E-state index in [1.165, 1.54) is 0 Å². The van der Waals surface area contributed by atoms with E-state index in [0.29, 0.717) is 12.8 Å². The van der Waals surface area contributed by atoms with E-state index in [1.54, 1.807) is 0 Å². The standard InChI is InChI=1S/C9H13N3O4/c10-6(13)3-1-2-4-12-8(15)5-7(14)11-9(12)16/h5,15H,1-4H2,(H2,10,13)(H,11,14,16). The Balaban J connectivity index is 2.64. The van der Waals surface area contributed by atoms with Gasteiger partial charge in [0, 0.05) is 13.0 Å². The van der Waals surface area contributed by atoms with Crippen molar-refractivity contribution in [3.63, 3.8) is 0 Å². The molecule has 0 bridgehead atoms. The number of aromatic hydroxyl groups is 1. The molecule has 1 aromatic heterocycles. The van der Waals surface area contributed by atoms with Crippen LogP contribution < -0.4 is 17.0 Å². The summed E-state index contributed by atoms with van der Waals surface area (Å²) in [4.78, 5) is 34.5. The van der Waals surface area contributed by atoms with Gasteiger partial charge >= 0.3 is 5.69 Å². The maximum Gasteiger partial charge on any atom is 0.331 e. The van der Waals surface area contributed by atoms with Crippen molar-refractivity contribution in [1.82, 2.24) is 9.55 Å². The van der Waals surface area contributed by atoms with Crippen molar-refractivity contribution in [2.24, 2.45) is 5.73 Å². The minimum absolute atomic E-state index is 0.231. The van der Waals surface area contributed by atoms with Gasteiger partial charge in [0.05, 0.1) is 6.07 Å². The zero-order chi connectivity index (χ0) is 12.1. The first-order valence-corrected chi connectivity index (χ1v) is 4.82. The van der Waals surface area contributed by atoms with E-state index < -0.39 is 17.2 Å². The van der Waals surface area contributed by atoms with E-state index in [1.807, 2.05) is 4.98 Å². The smallest absolute Gasteiger partial charge is 0.331 e. The second kappa shape index (κ2) is 5.15. The Kier molecular flexibility index (Phi) is 3.87. The Morgan fingerprint density at radius 3 is 2.69 bits per heavy atom. The van der Waals surface area contributed by atoms with Crippen LogP contribution in [0.1, 0.15) is 19.3 Å². The lowest BCUT2D eigenvalue weighted by Crippen LogP contribution is -2.29. The first-order chi connectivity index (χ1) is 7.50. The Morgan fingerprint density at radius 2 is 2.12 bits per heavy atom. The molecule has 0 aromatic carbocycles. The summed E-state index contributed by atoms with van der Waals surface area (Å²) < 4.78 is 1.03. The number of H-pyrrole nitrogens is 1. The Labute approximate surface area is 90.5 Å². The molecule has 0 spiro atoms. The predicted molar refractivity (Wildman–Crippen MR) is 56.0 cm³/mol. The summed E-state index contributed by atoms with van der Waals surface area (Å²) in [7, 11) is 0. The zero-order valence-electron chi connectivity index (χ0n) is 8.60. The first kappa shape index (κ1) is 12.0. The molecule has 0 radical (unpaired) electrons. The van der Waals surface area contributed by atoms with E-state index in [2.05, 4.69) is 0 Å². The third-order valence-corrected chi connectivity index (χ3v) is 2.07. The number of nitrogens with two attached hydrogens (primary N) is 1. The maximum absolute atomic E-state index is 11.2. The maximum atomic E-state index is 11.2. The zero-order valence-corrected chi connectivity index (χ0v) is 8.60. The highest BCUT2D eigenvalue weighted by Crippen LogP contribution is 2.03. The van der Waals surface area contributed by atoms with Crippen molar-refractivity contribution in [1.29, 1.82) is 0 Å². The number of hydrogen-bond donors (Lipinski definition) is 3. The van der Waals surface area contributed by atoms with Crippen LogP contribution in [0, 0.1) is 0 Å². The van der Waals surface area contributed by atoms with Crippen LogP contribution in [0.4, 0.5) is 0 Å². The fraction of sp³-hybridized carbons (Fsp3) is 0.444. The average Bonchev–Trinajstić information content (AvgIpc) is 2.14. The normalized spacial score (nSPS) is 10.2. The van der Waals surface area contributed by atoms with Crippen molar-refractivity contribution in [3.05, 3.63) is 26.9 Å². The highest BCUT2D eigenvalue weighted by molar-refractivity contribution is 5.73. The monoisotopic (exact) mass is 227 g/mol. The molecule has 4 N–H and O–H groups in total. The highest BCUT2D eigenvalue weighted by atomic mass is 16.3. The van der Waals surface area contributed by atoms with E-state index in [9.17, 15) is 19.5 Å². The van der Waals surface area contributed by atoms with Gasteiger partial charge in [0.25, 0.3) is 5.56 Å². The SMILES string of the molecule is NC(=O)CCCCn1c(O)cc(=O)[nH]c1=O. The van der Waals surface area contributed by atoms with Gasteiger partial charge in [0.1, 0.15) is 0 Å². The number of aromatic amines is 1. The molecule has 1 amide bonds. The van der Waals surface area contributed by atoms with Crippen molar-refractivity contribution in [3.8, 4) is 5.88 Å². The van der Waals surface area contributed by atoms with Crippen LogP contribution in [0.15, 0.2) is 15.7 Å². The van der Waals surface area contributed by atoms with Crippen molar-refractivity contribution < 1.29 is 9.90 Å². The molecule has 0 aliphatic rings. The van der Waals surface area contributed by atoms with Gasteiger partial charge < -0.3 is 10.8 Å². The molecule has 0 aliphatic heterocycles. The van der Waals surface area contributed by atoms with E-state index in [0.717, 1.165) is 10.6 Å². The summed E-state index contributed by atoms with van der Waals surface area (Å²) in [6.07, 6.45) is 1.28. The fourth-order valence-corrected chi connectivity index (χ4v) is 1.29. The summed E-state index contributed by atoms with van der Waals surface area (Å²) in [6.45, 7) is 0.231. The number of carbonyl (C=O) groups excluding carboxylic acids is 1. The molecule has 0 saturated carbocycles. The molecule has 7 nitrogen and oxygen atoms in total. The molecule has 0 atom stereocenters. The van der Waals surface area contributed by atoms with Crippen LogP contribution in [-0.4, -0.2) is 20.6 Å². The summed E-state index contributed by atoms with van der Waals surface area (Å²) in [5, 5.41) is 9.33. The third-order valence-electron chi connectivity index (χ3n) is 2.07. The number of nitrogens with one attached hydrogen (secondary N) is 1. The first-order valence-electron chi connectivity index (χ1n) is 4.82. The number of rotatable bonds is 5. The van der Waals surface area contributed by atoms with E-state index >= 15 is 0 Å². The largest absolute Gasteiger partial charge is 0.494 e. The number of nitrogens with zero attached hydrogens (tertiary/aromatic N) is 1. The minimum atomic E-state index is -0.663. The Bertz CT molecular complexity index is 488.